The lowest BCUT2D eigenvalue weighted by Crippen LogP contribution is -2.63. The predicted molar refractivity (Wildman–Crippen MR) is 70.2 cm³/mol. The van der Waals surface area contributed by atoms with Crippen LogP contribution in [0.5, 0.6) is 0 Å². The van der Waals surface area contributed by atoms with Gasteiger partial charge in [-0.3, -0.25) is 4.79 Å². The summed E-state index contributed by atoms with van der Waals surface area (Å²) in [5.74, 6) is -0.627. The minimum absolute atomic E-state index is 0.000741. The summed E-state index contributed by atoms with van der Waals surface area (Å²) in [7, 11) is 0. The van der Waals surface area contributed by atoms with Crippen LogP contribution in [0.4, 0.5) is 0 Å². The molecule has 18 heavy (non-hydrogen) atoms. The van der Waals surface area contributed by atoms with Crippen LogP contribution >= 0.6 is 0 Å². The van der Waals surface area contributed by atoms with Gasteiger partial charge in [-0.1, -0.05) is 33.6 Å². The van der Waals surface area contributed by atoms with Crippen LogP contribution in [-0.4, -0.2) is 34.0 Å². The van der Waals surface area contributed by atoms with Crippen molar-refractivity contribution in [3.63, 3.8) is 0 Å². The second kappa shape index (κ2) is 5.72. The third kappa shape index (κ3) is 2.38. The molecule has 0 spiro atoms. The van der Waals surface area contributed by atoms with Gasteiger partial charge in [-0.25, -0.2) is 4.79 Å². The molecular weight excluding hydrogens is 230 g/mol. The highest BCUT2D eigenvalue weighted by atomic mass is 16.4. The number of aliphatic carboxylic acids is 1. The molecule has 1 fully saturated rings. The molecule has 1 aliphatic carbocycles. The van der Waals surface area contributed by atoms with Crippen LogP contribution in [0.25, 0.3) is 0 Å². The number of carboxylic acids is 1. The van der Waals surface area contributed by atoms with Gasteiger partial charge in [0.2, 0.25) is 5.91 Å². The Morgan fingerprint density at radius 2 is 2.00 bits per heavy atom. The van der Waals surface area contributed by atoms with E-state index in [-0.39, 0.29) is 11.8 Å². The second-order valence-electron chi connectivity index (χ2n) is 5.56. The van der Waals surface area contributed by atoms with Crippen LogP contribution in [0, 0.1) is 11.8 Å². The van der Waals surface area contributed by atoms with Gasteiger partial charge in [-0.05, 0) is 24.7 Å². The van der Waals surface area contributed by atoms with Crippen molar-refractivity contribution in [3.05, 3.63) is 0 Å². The van der Waals surface area contributed by atoms with Gasteiger partial charge in [0, 0.05) is 13.5 Å². The summed E-state index contributed by atoms with van der Waals surface area (Å²) in [5.41, 5.74) is -1.00. The van der Waals surface area contributed by atoms with E-state index < -0.39 is 11.5 Å². The summed E-state index contributed by atoms with van der Waals surface area (Å²) in [4.78, 5) is 25.3. The molecule has 3 atom stereocenters. The third-order valence-corrected chi connectivity index (χ3v) is 4.50. The van der Waals surface area contributed by atoms with E-state index in [1.54, 1.807) is 4.90 Å². The van der Waals surface area contributed by atoms with Gasteiger partial charge in [-0.2, -0.15) is 0 Å². The van der Waals surface area contributed by atoms with Crippen LogP contribution in [0.1, 0.15) is 53.4 Å². The van der Waals surface area contributed by atoms with E-state index in [0.29, 0.717) is 18.9 Å². The number of hydrogen-bond donors (Lipinski definition) is 1. The first-order valence-electron chi connectivity index (χ1n) is 6.89. The lowest BCUT2D eigenvalue weighted by Gasteiger charge is -2.49. The van der Waals surface area contributed by atoms with E-state index in [4.69, 9.17) is 0 Å². The highest BCUT2D eigenvalue weighted by Crippen LogP contribution is 2.42. The van der Waals surface area contributed by atoms with E-state index >= 15 is 0 Å². The Morgan fingerprint density at radius 1 is 1.39 bits per heavy atom. The molecule has 3 unspecified atom stereocenters. The van der Waals surface area contributed by atoms with Crippen LogP contribution in [0.2, 0.25) is 0 Å². The lowest BCUT2D eigenvalue weighted by atomic mass is 9.67. The zero-order chi connectivity index (χ0) is 13.9. The maximum absolute atomic E-state index is 11.9. The number of amides is 1. The number of carbonyl (C=O) groups excluding carboxylic acids is 1. The highest BCUT2D eigenvalue weighted by molar-refractivity contribution is 5.86. The van der Waals surface area contributed by atoms with Crippen molar-refractivity contribution in [1.82, 2.24) is 4.90 Å². The number of nitrogens with zero attached hydrogens (tertiary/aromatic N) is 1. The quantitative estimate of drug-likeness (QED) is 0.839. The molecule has 0 aliphatic heterocycles. The summed E-state index contributed by atoms with van der Waals surface area (Å²) in [6.45, 7) is 8.04. The molecule has 0 heterocycles. The molecule has 104 valence electrons. The first-order chi connectivity index (χ1) is 8.37. The monoisotopic (exact) mass is 255 g/mol. The zero-order valence-electron chi connectivity index (χ0n) is 11.9. The molecule has 0 bridgehead atoms. The average molecular weight is 255 g/mol. The van der Waals surface area contributed by atoms with Gasteiger partial charge >= 0.3 is 5.97 Å². The molecule has 1 aliphatic rings. The minimum Gasteiger partial charge on any atom is -0.479 e. The maximum atomic E-state index is 11.9. The lowest BCUT2D eigenvalue weighted by molar-refractivity contribution is -0.168. The molecule has 1 amide bonds. The summed E-state index contributed by atoms with van der Waals surface area (Å²) in [6, 6.07) is 0. The van der Waals surface area contributed by atoms with Gasteiger partial charge in [0.15, 0.2) is 0 Å². The number of rotatable bonds is 4. The molecule has 4 heteroatoms. The number of carbonyl (C=O) groups is 2. The maximum Gasteiger partial charge on any atom is 0.329 e. The Hall–Kier alpha value is -1.06. The summed E-state index contributed by atoms with van der Waals surface area (Å²) in [5, 5.41) is 9.73. The fourth-order valence-electron chi connectivity index (χ4n) is 3.30. The first-order valence-corrected chi connectivity index (χ1v) is 6.89. The normalized spacial score (nSPS) is 32.0. The molecule has 1 N–H and O–H groups in total. The highest BCUT2D eigenvalue weighted by Gasteiger charge is 2.52. The molecule has 1 rings (SSSR count). The molecular formula is C14H25NO3. The Bertz CT molecular complexity index is 329. The predicted octanol–water partition coefficient (Wildman–Crippen LogP) is 2.52. The number of hydrogen-bond acceptors (Lipinski definition) is 2. The minimum atomic E-state index is -1.00. The van der Waals surface area contributed by atoms with E-state index in [9.17, 15) is 14.7 Å². The third-order valence-electron chi connectivity index (χ3n) is 4.50. The van der Waals surface area contributed by atoms with Crippen molar-refractivity contribution in [2.75, 3.05) is 6.54 Å². The van der Waals surface area contributed by atoms with Crippen molar-refractivity contribution in [3.8, 4) is 0 Å². The van der Waals surface area contributed by atoms with Gasteiger partial charge < -0.3 is 10.0 Å². The molecule has 0 radical (unpaired) electrons. The molecule has 1 saturated carbocycles. The number of carboxylic acid groups (broad SMARTS) is 1. The van der Waals surface area contributed by atoms with Crippen LogP contribution in [0.3, 0.4) is 0 Å². The van der Waals surface area contributed by atoms with E-state index in [0.717, 1.165) is 19.3 Å². The van der Waals surface area contributed by atoms with Crippen LogP contribution < -0.4 is 0 Å². The zero-order valence-corrected chi connectivity index (χ0v) is 11.9. The Morgan fingerprint density at radius 3 is 2.44 bits per heavy atom. The SMILES string of the molecule is CCCN(C(C)=O)C1(C(=O)O)CCCC(C)C1C. The van der Waals surface area contributed by atoms with E-state index in [1.165, 1.54) is 6.92 Å². The van der Waals surface area contributed by atoms with E-state index in [1.807, 2.05) is 13.8 Å². The fraction of sp³-hybridized carbons (Fsp3) is 0.857. The fourth-order valence-corrected chi connectivity index (χ4v) is 3.30. The first kappa shape index (κ1) is 15.0. The van der Waals surface area contributed by atoms with Crippen molar-refractivity contribution < 1.29 is 14.7 Å². The van der Waals surface area contributed by atoms with Gasteiger partial charge in [0.05, 0.1) is 0 Å². The average Bonchev–Trinajstić information content (AvgIpc) is 2.29. The van der Waals surface area contributed by atoms with Gasteiger partial charge in [0.1, 0.15) is 5.54 Å². The smallest absolute Gasteiger partial charge is 0.329 e. The van der Waals surface area contributed by atoms with Crippen molar-refractivity contribution >= 4 is 11.9 Å². The summed E-state index contributed by atoms with van der Waals surface area (Å²) >= 11 is 0. The van der Waals surface area contributed by atoms with Gasteiger partial charge in [0.25, 0.3) is 0 Å². The summed E-state index contributed by atoms with van der Waals surface area (Å²) < 4.78 is 0. The van der Waals surface area contributed by atoms with Gasteiger partial charge in [-0.15, -0.1) is 0 Å². The second-order valence-corrected chi connectivity index (χ2v) is 5.56. The summed E-state index contributed by atoms with van der Waals surface area (Å²) in [6.07, 6.45) is 3.29. The molecule has 0 saturated heterocycles. The van der Waals surface area contributed by atoms with Crippen molar-refractivity contribution in [2.24, 2.45) is 11.8 Å². The van der Waals surface area contributed by atoms with Crippen LogP contribution in [0.15, 0.2) is 0 Å². The van der Waals surface area contributed by atoms with Crippen molar-refractivity contribution in [1.29, 1.82) is 0 Å². The Labute approximate surface area is 109 Å². The van der Waals surface area contributed by atoms with E-state index in [2.05, 4.69) is 6.92 Å². The molecule has 4 nitrogen and oxygen atoms in total. The largest absolute Gasteiger partial charge is 0.479 e. The Balaban J connectivity index is 3.19. The molecule has 0 aromatic rings. The standard InChI is InChI=1S/C14H25NO3/c1-5-9-15(12(4)16)14(13(17)18)8-6-7-10(2)11(14)3/h10-11H,5-9H2,1-4H3,(H,17,18). The van der Waals surface area contributed by atoms with Crippen molar-refractivity contribution in [2.45, 2.75) is 58.9 Å². The topological polar surface area (TPSA) is 57.6 Å². The van der Waals surface area contributed by atoms with Crippen LogP contribution in [-0.2, 0) is 9.59 Å². The molecule has 0 aromatic heterocycles. The Kier molecular flexibility index (Phi) is 4.77. The molecule has 0 aromatic carbocycles.